The van der Waals surface area contributed by atoms with Gasteiger partial charge in [0.05, 0.1) is 10.6 Å². The van der Waals surface area contributed by atoms with Crippen LogP contribution in [-0.2, 0) is 8.34 Å². The normalized spacial score (nSPS) is 29.6. The van der Waals surface area contributed by atoms with Crippen LogP contribution in [0.1, 0.15) is 75.3 Å². The van der Waals surface area contributed by atoms with Crippen LogP contribution >= 0.6 is 34.2 Å². The number of carbonyl (C=O) groups excluding carboxylic acids is 1. The summed E-state index contributed by atoms with van der Waals surface area (Å²) in [6.07, 6.45) is 10.2. The minimum atomic E-state index is -0.913. The third kappa shape index (κ3) is 3.24. The second-order valence-corrected chi connectivity index (χ2v) is 11.1. The number of benzene rings is 1. The SMILES string of the molecule is Cc1cc(F)c(O)c([C@@](I)(NC(=O)C2CCCC2)C23CCC(CC2)CC3)c1Cl. The van der Waals surface area contributed by atoms with E-state index < -0.39 is 15.1 Å². The van der Waals surface area contributed by atoms with Crippen molar-refractivity contribution in [2.24, 2.45) is 17.3 Å². The highest BCUT2D eigenvalue weighted by atomic mass is 127. The highest BCUT2D eigenvalue weighted by molar-refractivity contribution is 14.1. The number of hydrogen-bond donors (Lipinski definition) is 2. The Bertz CT molecular complexity index is 747. The van der Waals surface area contributed by atoms with Crippen LogP contribution in [0.3, 0.4) is 0 Å². The largest absolute Gasteiger partial charge is 0.505 e. The van der Waals surface area contributed by atoms with Gasteiger partial charge in [0.1, 0.15) is 3.55 Å². The van der Waals surface area contributed by atoms with Gasteiger partial charge in [-0.15, -0.1) is 0 Å². The summed E-state index contributed by atoms with van der Waals surface area (Å²) >= 11 is 8.95. The Kier molecular flexibility index (Phi) is 5.62. The number of halogens is 3. The fraction of sp³-hybridized carbons (Fsp3) is 0.682. The monoisotopic (exact) mass is 519 g/mol. The number of fused-ring (bicyclic) bond motifs is 3. The van der Waals surface area contributed by atoms with Crippen molar-refractivity contribution in [3.8, 4) is 5.75 Å². The van der Waals surface area contributed by atoms with E-state index in [-0.39, 0.29) is 17.2 Å². The van der Waals surface area contributed by atoms with Crippen molar-refractivity contribution < 1.29 is 14.3 Å². The number of alkyl halides is 1. The molecule has 6 heteroatoms. The van der Waals surface area contributed by atoms with Crippen LogP contribution in [-0.4, -0.2) is 11.0 Å². The Hall–Kier alpha value is -0.560. The van der Waals surface area contributed by atoms with Crippen LogP contribution in [0.25, 0.3) is 0 Å². The van der Waals surface area contributed by atoms with Crippen molar-refractivity contribution in [1.82, 2.24) is 5.32 Å². The highest BCUT2D eigenvalue weighted by Gasteiger charge is 2.57. The molecule has 0 saturated heterocycles. The number of nitrogens with one attached hydrogen (secondary N) is 1. The number of rotatable bonds is 4. The van der Waals surface area contributed by atoms with Gasteiger partial charge in [-0.2, -0.15) is 0 Å². The number of aromatic hydroxyl groups is 1. The molecule has 4 saturated carbocycles. The molecular formula is C22H28ClFINO2. The van der Waals surface area contributed by atoms with Gasteiger partial charge in [0, 0.05) is 11.3 Å². The summed E-state index contributed by atoms with van der Waals surface area (Å²) in [7, 11) is 0. The van der Waals surface area contributed by atoms with E-state index in [2.05, 4.69) is 27.9 Å². The molecule has 1 atom stereocenters. The molecule has 3 nitrogen and oxygen atoms in total. The van der Waals surface area contributed by atoms with E-state index in [1.54, 1.807) is 6.92 Å². The van der Waals surface area contributed by atoms with Gasteiger partial charge in [-0.05, 0) is 98.4 Å². The Balaban J connectivity index is 1.83. The van der Waals surface area contributed by atoms with Crippen LogP contribution in [0.15, 0.2) is 6.07 Å². The van der Waals surface area contributed by atoms with E-state index in [1.165, 1.54) is 6.07 Å². The lowest BCUT2D eigenvalue weighted by molar-refractivity contribution is -0.128. The number of phenols is 1. The van der Waals surface area contributed by atoms with Crippen molar-refractivity contribution in [2.75, 3.05) is 0 Å². The smallest absolute Gasteiger partial charge is 0.224 e. The average molecular weight is 520 g/mol. The van der Waals surface area contributed by atoms with Gasteiger partial charge in [-0.25, -0.2) is 4.39 Å². The van der Waals surface area contributed by atoms with E-state index in [0.717, 1.165) is 70.1 Å². The van der Waals surface area contributed by atoms with Gasteiger partial charge >= 0.3 is 0 Å². The molecule has 1 aromatic rings. The fourth-order valence-electron chi connectivity index (χ4n) is 5.74. The maximum atomic E-state index is 14.6. The first-order chi connectivity index (χ1) is 13.3. The Morgan fingerprint density at radius 3 is 2.39 bits per heavy atom. The average Bonchev–Trinajstić information content (AvgIpc) is 3.23. The summed E-state index contributed by atoms with van der Waals surface area (Å²) in [5.41, 5.74) is 0.737. The van der Waals surface area contributed by atoms with Crippen LogP contribution in [0.2, 0.25) is 5.02 Å². The van der Waals surface area contributed by atoms with Crippen molar-refractivity contribution in [3.05, 3.63) is 28.0 Å². The molecule has 0 radical (unpaired) electrons. The maximum absolute atomic E-state index is 14.6. The Morgan fingerprint density at radius 1 is 1.25 bits per heavy atom. The third-order valence-electron chi connectivity index (χ3n) is 7.56. The predicted molar refractivity (Wildman–Crippen MR) is 117 cm³/mol. The molecule has 28 heavy (non-hydrogen) atoms. The minimum Gasteiger partial charge on any atom is -0.505 e. The molecule has 4 fully saturated rings. The van der Waals surface area contributed by atoms with Crippen LogP contribution in [0, 0.1) is 30.0 Å². The molecule has 0 heterocycles. The van der Waals surface area contributed by atoms with Crippen LogP contribution in [0.4, 0.5) is 4.39 Å². The van der Waals surface area contributed by atoms with Crippen molar-refractivity contribution in [2.45, 2.75) is 74.7 Å². The van der Waals surface area contributed by atoms with E-state index in [4.69, 9.17) is 11.6 Å². The third-order valence-corrected chi connectivity index (χ3v) is 10.0. The summed E-state index contributed by atoms with van der Waals surface area (Å²) in [5.74, 6) is -0.313. The minimum absolute atomic E-state index is 0.000968. The first kappa shape index (κ1) is 20.7. The summed E-state index contributed by atoms with van der Waals surface area (Å²) in [6.45, 7) is 1.75. The van der Waals surface area contributed by atoms with Gasteiger partial charge in [0.2, 0.25) is 5.91 Å². The molecule has 0 aromatic heterocycles. The van der Waals surface area contributed by atoms with Crippen LogP contribution < -0.4 is 5.32 Å². The first-order valence-electron chi connectivity index (χ1n) is 10.5. The number of hydrogen-bond acceptors (Lipinski definition) is 2. The topological polar surface area (TPSA) is 49.3 Å². The molecule has 0 unspecified atom stereocenters. The van der Waals surface area contributed by atoms with Gasteiger partial charge in [0.25, 0.3) is 0 Å². The quantitative estimate of drug-likeness (QED) is 0.276. The first-order valence-corrected chi connectivity index (χ1v) is 11.9. The lowest BCUT2D eigenvalue weighted by atomic mass is 9.56. The molecule has 1 aromatic carbocycles. The van der Waals surface area contributed by atoms with E-state index in [1.807, 2.05) is 0 Å². The van der Waals surface area contributed by atoms with E-state index in [9.17, 15) is 14.3 Å². The van der Waals surface area contributed by atoms with E-state index >= 15 is 0 Å². The fourth-order valence-corrected chi connectivity index (χ4v) is 7.79. The van der Waals surface area contributed by atoms with Crippen molar-refractivity contribution >= 4 is 40.1 Å². The second kappa shape index (κ2) is 7.60. The molecule has 2 bridgehead atoms. The van der Waals surface area contributed by atoms with Crippen molar-refractivity contribution in [1.29, 1.82) is 0 Å². The second-order valence-electron chi connectivity index (χ2n) is 9.10. The van der Waals surface area contributed by atoms with Gasteiger partial charge in [-0.1, -0.05) is 24.4 Å². The molecule has 4 aliphatic rings. The molecule has 154 valence electrons. The van der Waals surface area contributed by atoms with E-state index in [0.29, 0.717) is 16.1 Å². The molecule has 2 N–H and O–H groups in total. The Labute approximate surface area is 184 Å². The molecule has 0 aliphatic heterocycles. The number of aryl methyl sites for hydroxylation is 1. The molecule has 0 spiro atoms. The summed E-state index contributed by atoms with van der Waals surface area (Å²) < 4.78 is 13.7. The summed E-state index contributed by atoms with van der Waals surface area (Å²) in [4.78, 5) is 13.2. The molecular weight excluding hydrogens is 492 g/mol. The maximum Gasteiger partial charge on any atom is 0.224 e. The van der Waals surface area contributed by atoms with Crippen molar-refractivity contribution in [3.63, 3.8) is 0 Å². The predicted octanol–water partition coefficient (Wildman–Crippen LogP) is 6.36. The van der Waals surface area contributed by atoms with Gasteiger partial charge in [0.15, 0.2) is 11.6 Å². The number of carbonyl (C=O) groups is 1. The number of phenolic OH excluding ortho intramolecular Hbond substituents is 1. The summed E-state index contributed by atoms with van der Waals surface area (Å²) in [5, 5.41) is 14.4. The standard InChI is InChI=1S/C22H28ClFINO2/c1-13-12-16(24)19(27)17(18(13)23)22(25,26-20(28)15-4-2-3-5-15)21-9-6-14(7-10-21)8-11-21/h12,14-15,27H,2-11H2,1H3,(H,26,28)/t14?,21?,22-/m1/s1. The zero-order chi connectivity index (χ0) is 20.1. The zero-order valence-corrected chi connectivity index (χ0v) is 19.2. The number of amides is 1. The lowest BCUT2D eigenvalue weighted by Gasteiger charge is -2.56. The van der Waals surface area contributed by atoms with Gasteiger partial charge < -0.3 is 10.4 Å². The zero-order valence-electron chi connectivity index (χ0n) is 16.3. The molecule has 5 rings (SSSR count). The van der Waals surface area contributed by atoms with Gasteiger partial charge in [-0.3, -0.25) is 4.79 Å². The summed E-state index contributed by atoms with van der Waals surface area (Å²) in [6, 6.07) is 1.27. The van der Waals surface area contributed by atoms with Crippen LogP contribution in [0.5, 0.6) is 5.75 Å². The Morgan fingerprint density at radius 2 is 1.82 bits per heavy atom. The highest BCUT2D eigenvalue weighted by Crippen LogP contribution is 2.64. The lowest BCUT2D eigenvalue weighted by Crippen LogP contribution is -2.57. The molecule has 4 aliphatic carbocycles. The molecule has 1 amide bonds.